The molecule has 0 radical (unpaired) electrons. The van der Waals surface area contributed by atoms with Gasteiger partial charge >= 0.3 is 0 Å². The molecule has 2 aromatic rings. The summed E-state index contributed by atoms with van der Waals surface area (Å²) >= 11 is 5.33. The highest BCUT2D eigenvalue weighted by Gasteiger charge is 2.07. The van der Waals surface area contributed by atoms with Gasteiger partial charge in [0, 0.05) is 17.5 Å². The summed E-state index contributed by atoms with van der Waals surface area (Å²) in [7, 11) is 0. The fraction of sp³-hybridized carbons (Fsp3) is 0.357. The number of nitrogens with one attached hydrogen (secondary N) is 1. The van der Waals surface area contributed by atoms with Gasteiger partial charge in [0.25, 0.3) is 0 Å². The van der Waals surface area contributed by atoms with Crippen molar-refractivity contribution >= 4 is 12.2 Å². The lowest BCUT2D eigenvalue weighted by Crippen LogP contribution is -1.98. The third-order valence-electron chi connectivity index (χ3n) is 2.80. The summed E-state index contributed by atoms with van der Waals surface area (Å²) in [6.45, 7) is 6.66. The molecule has 5 heteroatoms. The van der Waals surface area contributed by atoms with Crippen molar-refractivity contribution in [2.24, 2.45) is 0 Å². The van der Waals surface area contributed by atoms with Gasteiger partial charge in [0.1, 0.15) is 16.1 Å². The zero-order valence-electron chi connectivity index (χ0n) is 11.4. The highest BCUT2D eigenvalue weighted by molar-refractivity contribution is 7.71. The molecule has 0 bridgehead atoms. The van der Waals surface area contributed by atoms with Crippen LogP contribution in [0.2, 0.25) is 0 Å². The summed E-state index contributed by atoms with van der Waals surface area (Å²) in [5.41, 5.74) is 3.54. The zero-order valence-corrected chi connectivity index (χ0v) is 12.2. The molecule has 2 rings (SSSR count). The topological polar surface area (TPSA) is 50.8 Å². The van der Waals surface area contributed by atoms with Gasteiger partial charge in [-0.05, 0) is 26.3 Å². The maximum atomic E-state index is 5.58. The van der Waals surface area contributed by atoms with Crippen LogP contribution in [-0.2, 0) is 0 Å². The number of aromatic amines is 1. The van der Waals surface area contributed by atoms with Crippen LogP contribution < -0.4 is 4.74 Å². The van der Waals surface area contributed by atoms with E-state index < -0.39 is 0 Å². The van der Waals surface area contributed by atoms with Crippen LogP contribution in [0.15, 0.2) is 18.5 Å². The molecule has 4 nitrogen and oxygen atoms in total. The number of nitrogens with zero attached hydrogens (tertiary/aromatic N) is 2. The van der Waals surface area contributed by atoms with E-state index in [1.165, 1.54) is 0 Å². The Hall–Kier alpha value is -1.75. The van der Waals surface area contributed by atoms with E-state index in [9.17, 15) is 0 Å². The summed E-state index contributed by atoms with van der Waals surface area (Å²) in [5.74, 6) is 0.744. The van der Waals surface area contributed by atoms with E-state index in [0.717, 1.165) is 34.8 Å². The minimum atomic E-state index is 0.623. The van der Waals surface area contributed by atoms with Crippen molar-refractivity contribution in [1.82, 2.24) is 15.0 Å². The van der Waals surface area contributed by atoms with Crippen molar-refractivity contribution in [3.8, 4) is 17.0 Å². The first-order chi connectivity index (χ1) is 9.11. The lowest BCUT2D eigenvalue weighted by atomic mass is 10.2. The Morgan fingerprint density at radius 3 is 2.84 bits per heavy atom. The number of hydrogen-bond donors (Lipinski definition) is 1. The summed E-state index contributed by atoms with van der Waals surface area (Å²) in [6, 6.07) is 1.92. The summed E-state index contributed by atoms with van der Waals surface area (Å²) < 4.78 is 6.20. The van der Waals surface area contributed by atoms with E-state index in [1.807, 2.05) is 19.9 Å². The van der Waals surface area contributed by atoms with Crippen LogP contribution in [0.1, 0.15) is 24.7 Å². The van der Waals surface area contributed by atoms with Crippen molar-refractivity contribution in [2.45, 2.75) is 27.2 Å². The number of ether oxygens (including phenoxy) is 1. The first kappa shape index (κ1) is 13.7. The van der Waals surface area contributed by atoms with E-state index >= 15 is 0 Å². The van der Waals surface area contributed by atoms with Crippen LogP contribution in [0, 0.1) is 18.5 Å². The van der Waals surface area contributed by atoms with E-state index in [-0.39, 0.29) is 0 Å². The molecule has 0 saturated heterocycles. The normalized spacial score (nSPS) is 10.5. The van der Waals surface area contributed by atoms with E-state index in [4.69, 9.17) is 17.0 Å². The average Bonchev–Trinajstić information content (AvgIpc) is 2.41. The van der Waals surface area contributed by atoms with Gasteiger partial charge in [0.2, 0.25) is 0 Å². The smallest absolute Gasteiger partial charge is 0.138 e. The minimum Gasteiger partial charge on any atom is -0.492 e. The monoisotopic (exact) mass is 275 g/mol. The van der Waals surface area contributed by atoms with Gasteiger partial charge < -0.3 is 9.72 Å². The van der Waals surface area contributed by atoms with Crippen LogP contribution in [0.4, 0.5) is 0 Å². The number of H-pyrrole nitrogens is 1. The Morgan fingerprint density at radius 2 is 2.11 bits per heavy atom. The van der Waals surface area contributed by atoms with Gasteiger partial charge in [-0.2, -0.15) is 0 Å². The number of rotatable bonds is 4. The fourth-order valence-electron chi connectivity index (χ4n) is 1.67. The molecule has 0 spiro atoms. The van der Waals surface area contributed by atoms with E-state index in [0.29, 0.717) is 11.2 Å². The fourth-order valence-corrected chi connectivity index (χ4v) is 1.98. The van der Waals surface area contributed by atoms with Gasteiger partial charge in [0.05, 0.1) is 18.5 Å². The maximum Gasteiger partial charge on any atom is 0.138 e. The Kier molecular flexibility index (Phi) is 4.27. The van der Waals surface area contributed by atoms with E-state index in [1.54, 1.807) is 12.4 Å². The molecule has 0 aliphatic heterocycles. The summed E-state index contributed by atoms with van der Waals surface area (Å²) in [5, 5.41) is 0. The number of aryl methyl sites for hydroxylation is 2. The van der Waals surface area contributed by atoms with Crippen LogP contribution in [0.3, 0.4) is 0 Å². The average molecular weight is 275 g/mol. The third kappa shape index (κ3) is 3.17. The first-order valence-corrected chi connectivity index (χ1v) is 6.68. The van der Waals surface area contributed by atoms with Crippen LogP contribution in [0.5, 0.6) is 5.75 Å². The lowest BCUT2D eigenvalue weighted by Gasteiger charge is -2.08. The second kappa shape index (κ2) is 5.93. The number of aromatic nitrogens is 3. The van der Waals surface area contributed by atoms with Gasteiger partial charge in [-0.15, -0.1) is 0 Å². The Labute approximate surface area is 117 Å². The Bertz CT molecular complexity index is 637. The van der Waals surface area contributed by atoms with Crippen LogP contribution in [0.25, 0.3) is 11.3 Å². The molecule has 2 aromatic heterocycles. The molecule has 0 aromatic carbocycles. The standard InChI is InChI=1S/C14H17N3OS/c1-4-5-18-12-6-11(7-15-8-12)13-14(19)17-10(3)9(2)16-13/h6-8H,4-5H2,1-3H3,(H,17,19). The molecule has 19 heavy (non-hydrogen) atoms. The van der Waals surface area contributed by atoms with Gasteiger partial charge in [0.15, 0.2) is 0 Å². The SMILES string of the molecule is CCCOc1cncc(-c2nc(C)c(C)[nH]c2=S)c1. The predicted molar refractivity (Wildman–Crippen MR) is 77.9 cm³/mol. The quantitative estimate of drug-likeness (QED) is 0.866. The molecule has 100 valence electrons. The zero-order chi connectivity index (χ0) is 13.8. The van der Waals surface area contributed by atoms with Gasteiger partial charge in [-0.1, -0.05) is 19.1 Å². The van der Waals surface area contributed by atoms with Crippen LogP contribution in [-0.4, -0.2) is 21.6 Å². The van der Waals surface area contributed by atoms with Crippen molar-refractivity contribution in [2.75, 3.05) is 6.61 Å². The second-order valence-electron chi connectivity index (χ2n) is 4.38. The molecular formula is C14H17N3OS. The molecule has 0 aliphatic carbocycles. The number of hydrogen-bond acceptors (Lipinski definition) is 4. The molecule has 0 aliphatic rings. The van der Waals surface area contributed by atoms with Crippen LogP contribution >= 0.6 is 12.2 Å². The second-order valence-corrected chi connectivity index (χ2v) is 4.79. The van der Waals surface area contributed by atoms with Crippen molar-refractivity contribution in [3.63, 3.8) is 0 Å². The molecular weight excluding hydrogens is 258 g/mol. The molecule has 0 unspecified atom stereocenters. The molecule has 0 saturated carbocycles. The lowest BCUT2D eigenvalue weighted by molar-refractivity contribution is 0.316. The molecule has 1 N–H and O–H groups in total. The summed E-state index contributed by atoms with van der Waals surface area (Å²) in [4.78, 5) is 11.9. The number of pyridine rings is 1. The van der Waals surface area contributed by atoms with E-state index in [2.05, 4.69) is 21.9 Å². The molecule has 0 amide bonds. The van der Waals surface area contributed by atoms with Gasteiger partial charge in [-0.3, -0.25) is 4.98 Å². The van der Waals surface area contributed by atoms with Crippen molar-refractivity contribution < 1.29 is 4.74 Å². The largest absolute Gasteiger partial charge is 0.492 e. The summed E-state index contributed by atoms with van der Waals surface area (Å²) in [6.07, 6.45) is 4.42. The Balaban J connectivity index is 2.42. The third-order valence-corrected chi connectivity index (χ3v) is 3.09. The predicted octanol–water partition coefficient (Wildman–Crippen LogP) is 3.61. The van der Waals surface area contributed by atoms with Crippen molar-refractivity contribution in [3.05, 3.63) is 34.5 Å². The highest BCUT2D eigenvalue weighted by Crippen LogP contribution is 2.22. The van der Waals surface area contributed by atoms with Gasteiger partial charge in [-0.25, -0.2) is 4.98 Å². The first-order valence-electron chi connectivity index (χ1n) is 6.27. The molecule has 0 fully saturated rings. The van der Waals surface area contributed by atoms with Crippen molar-refractivity contribution in [1.29, 1.82) is 0 Å². The maximum absolute atomic E-state index is 5.58. The minimum absolute atomic E-state index is 0.623. The highest BCUT2D eigenvalue weighted by atomic mass is 32.1. The Morgan fingerprint density at radius 1 is 1.32 bits per heavy atom. The molecule has 2 heterocycles. The molecule has 0 atom stereocenters.